The fourth-order valence-corrected chi connectivity index (χ4v) is 3.25. The quantitative estimate of drug-likeness (QED) is 0.920. The first kappa shape index (κ1) is 17.4. The molecule has 0 spiro atoms. The van der Waals surface area contributed by atoms with Crippen LogP contribution in [0.2, 0.25) is 0 Å². The minimum Gasteiger partial charge on any atom is -0.353 e. The van der Waals surface area contributed by atoms with Crippen LogP contribution in [0, 0.1) is 6.92 Å². The smallest absolute Gasteiger partial charge is 0.259 e. The lowest BCUT2D eigenvalue weighted by Crippen LogP contribution is -2.57. The molecule has 2 amide bonds. The molecular weight excluding hydrogens is 320 g/mol. The molecule has 1 aliphatic rings. The van der Waals surface area contributed by atoms with Gasteiger partial charge in [-0.1, -0.05) is 32.3 Å². The van der Waals surface area contributed by atoms with Gasteiger partial charge < -0.3 is 14.7 Å². The van der Waals surface area contributed by atoms with Crippen LogP contribution < -0.4 is 5.32 Å². The van der Waals surface area contributed by atoms with Crippen molar-refractivity contribution in [1.29, 1.82) is 0 Å². The Labute approximate surface area is 146 Å². The van der Waals surface area contributed by atoms with Gasteiger partial charge in [0.05, 0.1) is 16.6 Å². The first-order chi connectivity index (χ1) is 11.9. The van der Waals surface area contributed by atoms with Gasteiger partial charge in [0.15, 0.2) is 0 Å². The van der Waals surface area contributed by atoms with Gasteiger partial charge in [0.2, 0.25) is 5.91 Å². The second-order valence-corrected chi connectivity index (χ2v) is 6.79. The molecule has 2 aromatic rings. The number of rotatable bonds is 4. The maximum Gasteiger partial charge on any atom is 0.259 e. The predicted octanol–water partition coefficient (Wildman–Crippen LogP) is 2.40. The third-order valence-corrected chi connectivity index (χ3v) is 4.61. The normalized spacial score (nSPS) is 18.0. The van der Waals surface area contributed by atoms with Gasteiger partial charge in [-0.3, -0.25) is 9.59 Å². The number of nitrogens with zero attached hydrogens (tertiary/aromatic N) is 3. The number of aromatic nitrogens is 2. The van der Waals surface area contributed by atoms with Crippen molar-refractivity contribution in [3.05, 3.63) is 23.0 Å². The molecular formula is C18H24N4O3. The Hall–Kier alpha value is -2.44. The molecule has 25 heavy (non-hydrogen) atoms. The van der Waals surface area contributed by atoms with Crippen LogP contribution in [0.1, 0.15) is 61.3 Å². The van der Waals surface area contributed by atoms with E-state index >= 15 is 0 Å². The van der Waals surface area contributed by atoms with Gasteiger partial charge in [0.25, 0.3) is 11.6 Å². The summed E-state index contributed by atoms with van der Waals surface area (Å²) >= 11 is 0. The molecule has 1 atom stereocenters. The molecule has 134 valence electrons. The lowest BCUT2D eigenvalue weighted by atomic mass is 10.0. The molecule has 7 nitrogen and oxygen atoms in total. The molecule has 1 N–H and O–H groups in total. The summed E-state index contributed by atoms with van der Waals surface area (Å²) in [5.41, 5.74) is 2.30. The van der Waals surface area contributed by atoms with Crippen LogP contribution in [0.15, 0.2) is 10.6 Å². The zero-order valence-electron chi connectivity index (χ0n) is 15.1. The highest BCUT2D eigenvalue weighted by molar-refractivity contribution is 6.07. The van der Waals surface area contributed by atoms with Crippen molar-refractivity contribution >= 4 is 22.9 Å². The molecule has 0 aliphatic carbocycles. The molecule has 1 fully saturated rings. The maximum absolute atomic E-state index is 13.3. The number of fused-ring (bicyclic) bond motifs is 1. The van der Waals surface area contributed by atoms with Crippen molar-refractivity contribution in [2.75, 3.05) is 13.1 Å². The van der Waals surface area contributed by atoms with Crippen LogP contribution in [0.25, 0.3) is 11.1 Å². The molecule has 1 saturated heterocycles. The minimum atomic E-state index is -0.433. The number of amides is 2. The number of hydrogen-bond donors (Lipinski definition) is 1. The van der Waals surface area contributed by atoms with Gasteiger partial charge in [0.1, 0.15) is 6.04 Å². The Balaban J connectivity index is 2.09. The van der Waals surface area contributed by atoms with Crippen molar-refractivity contribution in [3.63, 3.8) is 0 Å². The van der Waals surface area contributed by atoms with E-state index in [0.717, 1.165) is 12.1 Å². The Bertz CT molecular complexity index is 812. The number of hydrogen-bond acceptors (Lipinski definition) is 5. The highest BCUT2D eigenvalue weighted by atomic mass is 16.5. The molecule has 0 aromatic carbocycles. The zero-order valence-corrected chi connectivity index (χ0v) is 15.1. The van der Waals surface area contributed by atoms with Crippen LogP contribution >= 0.6 is 0 Å². The summed E-state index contributed by atoms with van der Waals surface area (Å²) in [4.78, 5) is 31.7. The van der Waals surface area contributed by atoms with Gasteiger partial charge in [-0.15, -0.1) is 0 Å². The van der Waals surface area contributed by atoms with Crippen LogP contribution in [0.5, 0.6) is 0 Å². The number of piperazine rings is 1. The van der Waals surface area contributed by atoms with E-state index in [4.69, 9.17) is 4.52 Å². The largest absolute Gasteiger partial charge is 0.353 e. The summed E-state index contributed by atoms with van der Waals surface area (Å²) in [5.74, 6) is -0.0933. The minimum absolute atomic E-state index is 0.0853. The summed E-state index contributed by atoms with van der Waals surface area (Å²) in [6, 6.07) is 1.38. The number of carbonyl (C=O) groups is 2. The van der Waals surface area contributed by atoms with E-state index in [-0.39, 0.29) is 17.7 Å². The van der Waals surface area contributed by atoms with Gasteiger partial charge in [0, 0.05) is 18.8 Å². The summed E-state index contributed by atoms with van der Waals surface area (Å²) < 4.78 is 5.30. The van der Waals surface area contributed by atoms with Crippen molar-refractivity contribution in [2.24, 2.45) is 0 Å². The van der Waals surface area contributed by atoms with Gasteiger partial charge in [-0.05, 0) is 25.3 Å². The monoisotopic (exact) mass is 344 g/mol. The fraction of sp³-hybridized carbons (Fsp3) is 0.556. The van der Waals surface area contributed by atoms with Crippen LogP contribution in [0.4, 0.5) is 0 Å². The molecule has 2 aromatic heterocycles. The van der Waals surface area contributed by atoms with Crippen molar-refractivity contribution in [3.8, 4) is 0 Å². The average molecular weight is 344 g/mol. The summed E-state index contributed by atoms with van der Waals surface area (Å²) in [5, 5.41) is 7.45. The van der Waals surface area contributed by atoms with E-state index in [1.807, 2.05) is 26.8 Å². The zero-order chi connectivity index (χ0) is 18.1. The molecule has 3 heterocycles. The van der Waals surface area contributed by atoms with Crippen molar-refractivity contribution in [2.45, 2.75) is 52.5 Å². The Morgan fingerprint density at radius 1 is 1.48 bits per heavy atom. The molecule has 0 saturated carbocycles. The Morgan fingerprint density at radius 3 is 2.92 bits per heavy atom. The van der Waals surface area contributed by atoms with E-state index in [0.29, 0.717) is 41.9 Å². The summed E-state index contributed by atoms with van der Waals surface area (Å²) in [6.45, 7) is 8.81. The average Bonchev–Trinajstić information content (AvgIpc) is 2.96. The molecule has 7 heteroatoms. The number of nitrogens with one attached hydrogen (secondary N) is 1. The van der Waals surface area contributed by atoms with E-state index in [1.54, 1.807) is 11.8 Å². The van der Waals surface area contributed by atoms with Gasteiger partial charge in [-0.25, -0.2) is 4.98 Å². The van der Waals surface area contributed by atoms with E-state index in [9.17, 15) is 9.59 Å². The van der Waals surface area contributed by atoms with E-state index in [2.05, 4.69) is 15.5 Å². The van der Waals surface area contributed by atoms with Crippen molar-refractivity contribution in [1.82, 2.24) is 20.4 Å². The number of carbonyl (C=O) groups excluding carboxylic acids is 2. The SMILES string of the molecule is CCCC1C(=O)NCCN1C(=O)c1cc(C(C)C)nc2onc(C)c12. The van der Waals surface area contributed by atoms with Gasteiger partial charge in [-0.2, -0.15) is 0 Å². The lowest BCUT2D eigenvalue weighted by Gasteiger charge is -2.35. The Morgan fingerprint density at radius 2 is 2.24 bits per heavy atom. The molecule has 0 radical (unpaired) electrons. The highest BCUT2D eigenvalue weighted by Gasteiger charge is 2.34. The topological polar surface area (TPSA) is 88.3 Å². The third-order valence-electron chi connectivity index (χ3n) is 4.61. The standard InChI is InChI=1S/C18H24N4O3/c1-5-6-14-16(23)19-7-8-22(14)18(24)12-9-13(10(2)3)20-17-15(12)11(4)21-25-17/h9-10,14H,5-8H2,1-4H3,(H,19,23). The number of aryl methyl sites for hydroxylation is 1. The van der Waals surface area contributed by atoms with E-state index in [1.165, 1.54) is 0 Å². The molecule has 1 aliphatic heterocycles. The number of pyridine rings is 1. The second-order valence-electron chi connectivity index (χ2n) is 6.79. The van der Waals surface area contributed by atoms with Gasteiger partial charge >= 0.3 is 0 Å². The highest BCUT2D eigenvalue weighted by Crippen LogP contribution is 2.27. The predicted molar refractivity (Wildman–Crippen MR) is 93.4 cm³/mol. The van der Waals surface area contributed by atoms with Crippen LogP contribution in [0.3, 0.4) is 0 Å². The summed E-state index contributed by atoms with van der Waals surface area (Å²) in [7, 11) is 0. The third kappa shape index (κ3) is 3.10. The summed E-state index contributed by atoms with van der Waals surface area (Å²) in [6.07, 6.45) is 1.47. The van der Waals surface area contributed by atoms with E-state index < -0.39 is 6.04 Å². The van der Waals surface area contributed by atoms with Crippen LogP contribution in [-0.2, 0) is 4.79 Å². The lowest BCUT2D eigenvalue weighted by molar-refractivity contribution is -0.128. The first-order valence-corrected chi connectivity index (χ1v) is 8.79. The fourth-order valence-electron chi connectivity index (χ4n) is 3.25. The molecule has 0 bridgehead atoms. The second kappa shape index (κ2) is 6.82. The van der Waals surface area contributed by atoms with Crippen LogP contribution in [-0.4, -0.2) is 46.0 Å². The first-order valence-electron chi connectivity index (χ1n) is 8.79. The molecule has 3 rings (SSSR count). The Kier molecular flexibility index (Phi) is 4.74. The molecule has 1 unspecified atom stereocenters. The maximum atomic E-state index is 13.3. The van der Waals surface area contributed by atoms with Crippen molar-refractivity contribution < 1.29 is 14.1 Å².